The van der Waals surface area contributed by atoms with Crippen molar-refractivity contribution in [2.45, 2.75) is 6.36 Å². The molecule has 112 valence electrons. The molecule has 0 bridgehead atoms. The minimum atomic E-state index is -4.99. The third-order valence-corrected chi connectivity index (χ3v) is 2.76. The van der Waals surface area contributed by atoms with Gasteiger partial charge in [-0.15, -0.1) is 13.2 Å². The van der Waals surface area contributed by atoms with Gasteiger partial charge >= 0.3 is 6.36 Å². The van der Waals surface area contributed by atoms with Crippen LogP contribution in [0.3, 0.4) is 0 Å². The molecule has 0 unspecified atom stereocenters. The molecule has 0 radical (unpaired) electrons. The van der Waals surface area contributed by atoms with Crippen molar-refractivity contribution in [2.24, 2.45) is 5.73 Å². The summed E-state index contributed by atoms with van der Waals surface area (Å²) in [6.07, 6.45) is -4.99. The summed E-state index contributed by atoms with van der Waals surface area (Å²) in [5, 5.41) is 19.0. The van der Waals surface area contributed by atoms with Crippen LogP contribution in [-0.2, 0) is 0 Å². The van der Waals surface area contributed by atoms with E-state index in [2.05, 4.69) is 36.1 Å². The zero-order valence-electron chi connectivity index (χ0n) is 9.90. The molecule has 1 heterocycles. The molecule has 21 heavy (non-hydrogen) atoms. The highest BCUT2D eigenvalue weighted by Crippen LogP contribution is 2.41. The maximum Gasteiger partial charge on any atom is 0.573 e. The molecule has 7 nitrogen and oxygen atoms in total. The maximum absolute atomic E-state index is 12.3. The smallest absolute Gasteiger partial charge is 0.504 e. The minimum absolute atomic E-state index is 0.160. The number of carbonyl (C=O) groups is 1. The molecule has 0 aliphatic rings. The standard InChI is InChI=1S/C10H6BrF3N4O3/c11-3-1-4(6-7(9(15)20)17-18-16-6)8(19)5(2-3)21-10(12,13)14/h1-2,19H,(H2,15,20)(H,16,17,18). The first kappa shape index (κ1) is 15.1. The van der Waals surface area contributed by atoms with Gasteiger partial charge in [-0.3, -0.25) is 4.79 Å². The number of phenols is 1. The van der Waals surface area contributed by atoms with Crippen LogP contribution in [0.1, 0.15) is 10.5 Å². The lowest BCUT2D eigenvalue weighted by Gasteiger charge is -2.13. The molecule has 1 aromatic heterocycles. The number of ether oxygens (including phenoxy) is 1. The molecule has 1 aromatic carbocycles. The number of primary amides is 1. The molecule has 0 saturated heterocycles. The molecule has 2 rings (SSSR count). The number of amides is 1. The Kier molecular flexibility index (Phi) is 3.77. The predicted octanol–water partition coefficient (Wildman–Crippen LogP) is 1.94. The van der Waals surface area contributed by atoms with Gasteiger partial charge in [-0.25, -0.2) is 0 Å². The first-order chi connectivity index (χ1) is 9.69. The number of benzene rings is 1. The van der Waals surface area contributed by atoms with Crippen LogP contribution < -0.4 is 10.5 Å². The number of halogens is 4. The number of alkyl halides is 3. The molecular weight excluding hydrogens is 361 g/mol. The summed E-state index contributed by atoms with van der Waals surface area (Å²) in [6.45, 7) is 0. The summed E-state index contributed by atoms with van der Waals surface area (Å²) in [7, 11) is 0. The van der Waals surface area contributed by atoms with E-state index in [1.807, 2.05) is 0 Å². The van der Waals surface area contributed by atoms with Crippen molar-refractivity contribution >= 4 is 21.8 Å². The molecule has 0 saturated carbocycles. The van der Waals surface area contributed by atoms with Gasteiger partial charge in [0.05, 0.1) is 5.56 Å². The summed E-state index contributed by atoms with van der Waals surface area (Å²) < 4.78 is 40.7. The zero-order chi connectivity index (χ0) is 15.8. The van der Waals surface area contributed by atoms with Gasteiger partial charge in [0.1, 0.15) is 5.69 Å². The number of carbonyl (C=O) groups excluding carboxylic acids is 1. The Labute approximate surface area is 123 Å². The van der Waals surface area contributed by atoms with Gasteiger partial charge in [-0.2, -0.15) is 15.4 Å². The molecule has 2 aromatic rings. The molecular formula is C10H6BrF3N4O3. The lowest BCUT2D eigenvalue weighted by atomic mass is 10.1. The van der Waals surface area contributed by atoms with E-state index in [-0.39, 0.29) is 21.4 Å². The van der Waals surface area contributed by atoms with Crippen molar-refractivity contribution in [3.63, 3.8) is 0 Å². The number of nitrogens with one attached hydrogen (secondary N) is 1. The number of rotatable bonds is 3. The van der Waals surface area contributed by atoms with Crippen LogP contribution >= 0.6 is 15.9 Å². The van der Waals surface area contributed by atoms with Crippen molar-refractivity contribution in [3.8, 4) is 22.8 Å². The van der Waals surface area contributed by atoms with E-state index in [9.17, 15) is 23.1 Å². The Hall–Kier alpha value is -2.30. The first-order valence-electron chi connectivity index (χ1n) is 5.18. The fraction of sp³-hybridized carbons (Fsp3) is 0.100. The zero-order valence-corrected chi connectivity index (χ0v) is 11.5. The number of aromatic amines is 1. The molecule has 0 atom stereocenters. The Bertz CT molecular complexity index is 701. The molecule has 1 amide bonds. The van der Waals surface area contributed by atoms with Gasteiger partial charge < -0.3 is 15.6 Å². The van der Waals surface area contributed by atoms with Gasteiger partial charge in [-0.05, 0) is 12.1 Å². The van der Waals surface area contributed by atoms with Crippen LogP contribution in [-0.4, -0.2) is 32.8 Å². The second kappa shape index (κ2) is 5.24. The van der Waals surface area contributed by atoms with Crippen LogP contribution in [0.4, 0.5) is 13.2 Å². The van der Waals surface area contributed by atoms with E-state index in [1.54, 1.807) is 0 Å². The van der Waals surface area contributed by atoms with E-state index >= 15 is 0 Å². The fourth-order valence-corrected chi connectivity index (χ4v) is 1.98. The number of H-pyrrole nitrogens is 1. The Morgan fingerprint density at radius 1 is 1.38 bits per heavy atom. The molecule has 0 fully saturated rings. The average molecular weight is 367 g/mol. The van der Waals surface area contributed by atoms with Crippen LogP contribution in [0.2, 0.25) is 0 Å². The quantitative estimate of drug-likeness (QED) is 0.767. The van der Waals surface area contributed by atoms with Gasteiger partial charge in [0.2, 0.25) is 0 Å². The second-order valence-corrected chi connectivity index (χ2v) is 4.65. The van der Waals surface area contributed by atoms with E-state index < -0.39 is 23.8 Å². The number of nitrogens with two attached hydrogens (primary N) is 1. The maximum atomic E-state index is 12.3. The Morgan fingerprint density at radius 2 is 2.05 bits per heavy atom. The van der Waals surface area contributed by atoms with Crippen LogP contribution in [0.5, 0.6) is 11.5 Å². The highest BCUT2D eigenvalue weighted by molar-refractivity contribution is 9.10. The van der Waals surface area contributed by atoms with Gasteiger partial charge in [0.15, 0.2) is 17.2 Å². The van der Waals surface area contributed by atoms with Gasteiger partial charge in [0, 0.05) is 4.47 Å². The summed E-state index contributed by atoms with van der Waals surface area (Å²) in [6, 6.07) is 2.15. The van der Waals surface area contributed by atoms with Gasteiger partial charge in [0.25, 0.3) is 5.91 Å². The third-order valence-electron chi connectivity index (χ3n) is 2.30. The summed E-state index contributed by atoms with van der Waals surface area (Å²) in [4.78, 5) is 11.2. The molecule has 0 spiro atoms. The molecule has 11 heteroatoms. The SMILES string of the molecule is NC(=O)c1n[nH]nc1-c1cc(Br)cc(OC(F)(F)F)c1O. The monoisotopic (exact) mass is 366 g/mol. The molecule has 0 aliphatic carbocycles. The third kappa shape index (κ3) is 3.24. The minimum Gasteiger partial charge on any atom is -0.504 e. The van der Waals surface area contributed by atoms with Crippen LogP contribution in [0, 0.1) is 0 Å². The summed E-state index contributed by atoms with van der Waals surface area (Å²) in [5.41, 5.74) is 4.32. The Morgan fingerprint density at radius 3 is 2.62 bits per heavy atom. The predicted molar refractivity (Wildman–Crippen MR) is 66.4 cm³/mol. The normalized spacial score (nSPS) is 11.4. The topological polar surface area (TPSA) is 114 Å². The lowest BCUT2D eigenvalue weighted by Crippen LogP contribution is -2.17. The van der Waals surface area contributed by atoms with Crippen LogP contribution in [0.15, 0.2) is 16.6 Å². The highest BCUT2D eigenvalue weighted by Gasteiger charge is 2.33. The number of nitrogens with zero attached hydrogens (tertiary/aromatic N) is 2. The largest absolute Gasteiger partial charge is 0.573 e. The van der Waals surface area contributed by atoms with Crippen LogP contribution in [0.25, 0.3) is 11.3 Å². The second-order valence-electron chi connectivity index (χ2n) is 3.73. The van der Waals surface area contributed by atoms with Crippen molar-refractivity contribution < 1.29 is 27.8 Å². The van der Waals surface area contributed by atoms with E-state index in [4.69, 9.17) is 5.73 Å². The number of hydrogen-bond donors (Lipinski definition) is 3. The van der Waals surface area contributed by atoms with E-state index in [1.165, 1.54) is 6.07 Å². The average Bonchev–Trinajstić information content (AvgIpc) is 2.80. The number of aromatic nitrogens is 3. The fourth-order valence-electron chi connectivity index (χ4n) is 1.55. The number of hydrogen-bond acceptors (Lipinski definition) is 5. The molecule has 4 N–H and O–H groups in total. The number of aromatic hydroxyl groups is 1. The highest BCUT2D eigenvalue weighted by atomic mass is 79.9. The molecule has 0 aliphatic heterocycles. The summed E-state index contributed by atoms with van der Waals surface area (Å²) in [5.74, 6) is -2.67. The van der Waals surface area contributed by atoms with Crippen molar-refractivity contribution in [3.05, 3.63) is 22.3 Å². The lowest BCUT2D eigenvalue weighted by molar-refractivity contribution is -0.275. The first-order valence-corrected chi connectivity index (χ1v) is 5.97. The van der Waals surface area contributed by atoms with Gasteiger partial charge in [-0.1, -0.05) is 15.9 Å². The van der Waals surface area contributed by atoms with Crippen molar-refractivity contribution in [2.75, 3.05) is 0 Å². The van der Waals surface area contributed by atoms with Crippen molar-refractivity contribution in [1.82, 2.24) is 15.4 Å². The van der Waals surface area contributed by atoms with Crippen molar-refractivity contribution in [1.29, 1.82) is 0 Å². The summed E-state index contributed by atoms with van der Waals surface area (Å²) >= 11 is 2.97. The Balaban J connectivity index is 2.59. The van der Waals surface area contributed by atoms with E-state index in [0.29, 0.717) is 0 Å². The van der Waals surface area contributed by atoms with E-state index in [0.717, 1.165) is 6.07 Å². The number of phenolic OH excluding ortho intramolecular Hbond substituents is 1.